The lowest BCUT2D eigenvalue weighted by Gasteiger charge is -2.27. The fourth-order valence-electron chi connectivity index (χ4n) is 15.9. The Bertz CT molecular complexity index is 3870. The number of benzene rings is 6. The number of allylic oxidation sites excluding steroid dienone is 2. The molecule has 0 bridgehead atoms. The molecule has 0 spiro atoms. The maximum Gasteiger partial charge on any atom is 0.201 e. The molecule has 0 radical (unpaired) electrons. The first-order chi connectivity index (χ1) is 51.5. The lowest BCUT2D eigenvalue weighted by molar-refractivity contribution is 0.286. The second-order valence-corrected chi connectivity index (χ2v) is 32.4. The molecule has 6 aromatic carbocycles. The largest absolute Gasteiger partial charge is 0.486 e. The fourth-order valence-corrected chi connectivity index (χ4v) is 15.9. The zero-order chi connectivity index (χ0) is 78.9. The Balaban J connectivity index is 0.000000181. The van der Waals surface area contributed by atoms with Crippen LogP contribution in [0.3, 0.4) is 0 Å². The molecule has 6 aliphatic rings. The van der Waals surface area contributed by atoms with Crippen molar-refractivity contribution >= 4 is 6.08 Å². The summed E-state index contributed by atoms with van der Waals surface area (Å²) in [5, 5.41) is 0. The van der Waals surface area contributed by atoms with Crippen molar-refractivity contribution in [3.05, 3.63) is 237 Å². The number of hydrogen-bond acceptors (Lipinski definition) is 3. The van der Waals surface area contributed by atoms with E-state index in [1.165, 1.54) is 62.8 Å². The molecule has 12 rings (SSSR count). The summed E-state index contributed by atoms with van der Waals surface area (Å²) in [6.07, 6.45) is 34.1. The smallest absolute Gasteiger partial charge is 0.201 e. The van der Waals surface area contributed by atoms with Crippen LogP contribution in [0.2, 0.25) is 0 Å². The minimum atomic E-state index is -0.911. The predicted octanol–water partition coefficient (Wildman–Crippen LogP) is 29.2. The van der Waals surface area contributed by atoms with Gasteiger partial charge in [0.15, 0.2) is 69.6 Å². The Morgan fingerprint density at radius 2 is 0.685 bits per heavy atom. The highest BCUT2D eigenvalue weighted by Crippen LogP contribution is 2.43. The summed E-state index contributed by atoms with van der Waals surface area (Å²) < 4.78 is 180. The van der Waals surface area contributed by atoms with E-state index in [1.807, 2.05) is 6.08 Å². The van der Waals surface area contributed by atoms with Crippen LogP contribution in [0.15, 0.2) is 117 Å². The lowest BCUT2D eigenvalue weighted by atomic mass is 9.79. The van der Waals surface area contributed by atoms with Gasteiger partial charge in [0.05, 0.1) is 12.0 Å². The van der Waals surface area contributed by atoms with E-state index in [9.17, 15) is 52.7 Å². The monoisotopic (exact) mass is 1510 g/mol. The highest BCUT2D eigenvalue weighted by atomic mass is 19.2. The Hall–Kier alpha value is -7.16. The Morgan fingerprint density at radius 3 is 1.11 bits per heavy atom. The molecule has 6 fully saturated rings. The van der Waals surface area contributed by atoms with Gasteiger partial charge in [-0.2, -0.15) is 13.2 Å². The van der Waals surface area contributed by atoms with Crippen LogP contribution in [0.25, 0.3) is 6.08 Å². The summed E-state index contributed by atoms with van der Waals surface area (Å²) >= 11 is 0. The van der Waals surface area contributed by atoms with Gasteiger partial charge in [-0.25, -0.2) is 39.5 Å². The summed E-state index contributed by atoms with van der Waals surface area (Å²) in [5.41, 5.74) is 4.06. The van der Waals surface area contributed by atoms with Gasteiger partial charge in [0.25, 0.3) is 0 Å². The summed E-state index contributed by atoms with van der Waals surface area (Å²) in [6, 6.07) is 19.6. The molecule has 0 unspecified atom stereocenters. The molecule has 0 amide bonds. The normalized spacial score (nSPS) is 24.1. The van der Waals surface area contributed by atoms with Crippen molar-refractivity contribution in [1.29, 1.82) is 0 Å². The third kappa shape index (κ3) is 26.0. The fraction of sp³-hybridized carbons (Fsp3) is 0.527. The molecule has 108 heavy (non-hydrogen) atoms. The van der Waals surface area contributed by atoms with E-state index in [0.717, 1.165) is 146 Å². The molecule has 15 heteroatoms. The van der Waals surface area contributed by atoms with Crippen molar-refractivity contribution in [2.24, 2.45) is 53.3 Å². The van der Waals surface area contributed by atoms with Crippen LogP contribution < -0.4 is 14.2 Å². The Kier molecular flexibility index (Phi) is 35.4. The number of rotatable bonds is 16. The molecule has 0 heterocycles. The van der Waals surface area contributed by atoms with Gasteiger partial charge in [-0.1, -0.05) is 211 Å². The molecule has 0 aliphatic heterocycles. The Labute approximate surface area is 637 Å². The number of aryl methyl sites for hydroxylation is 3. The topological polar surface area (TPSA) is 27.7 Å². The molecule has 3 nitrogen and oxygen atoms in total. The first-order valence-electron chi connectivity index (χ1n) is 39.8. The van der Waals surface area contributed by atoms with Crippen LogP contribution >= 0.6 is 0 Å². The molecular weight excluding hydrogens is 1390 g/mol. The van der Waals surface area contributed by atoms with E-state index in [4.69, 9.17) is 14.2 Å². The standard InChI is InChI=1S/C17H22F2O.C16H20F2O.C16H20F2.C15H18F2O.C15H20F2.C14H18F2/c1-11(2)20-15-9-8-14(16(18)17(15)19)10-13-6-4-12(3)5-7-13;1-3-10-19-14-9-8-13(15(17)16(14)18)12-6-4-11(2)5-7-12;1-11-3-6-13(7-4-11)8-10-14-9-5-12(2)15(17)16(14)18;1-3-18-13-9-8-12(14(16)15(13)17)11-6-4-10(2)5-7-11;1-10-3-6-12(7-4-10)9-13-8-5-11(2)14(16)15(13)17;1-9-3-6-11(7-4-9)12-8-5-10(2)13(15)14(12)16/h8-9,12-13H,1,4-7,10H2,2-3H3;3,8-9,11-12H,1,4-7,10H2,2H3;5,8-11,13H,3-4,6-7H2,1-2H3;3,8-11H,1,4-7H2,2H3;5,8,10,12H,3-4,6-7,9H2,1-2H3;5,8-9,11H,3-4,6-7H2,1-2H3. The molecular formula is C93H118F12O3. The first-order valence-corrected chi connectivity index (χ1v) is 39.8. The molecule has 0 aromatic heterocycles. The number of ether oxygens (including phenoxy) is 3. The highest BCUT2D eigenvalue weighted by molar-refractivity contribution is 5.51. The zero-order valence-corrected chi connectivity index (χ0v) is 65.6. The number of hydrogen-bond donors (Lipinski definition) is 0. The summed E-state index contributed by atoms with van der Waals surface area (Å²) in [5.74, 6) is -2.44. The predicted molar refractivity (Wildman–Crippen MR) is 415 cm³/mol. The molecule has 0 saturated heterocycles. The van der Waals surface area contributed by atoms with Gasteiger partial charge in [0.2, 0.25) is 17.5 Å². The van der Waals surface area contributed by atoms with Crippen molar-refractivity contribution in [2.45, 2.75) is 254 Å². The van der Waals surface area contributed by atoms with E-state index in [-0.39, 0.29) is 41.6 Å². The van der Waals surface area contributed by atoms with E-state index >= 15 is 0 Å². The first kappa shape index (κ1) is 88.1. The molecule has 592 valence electrons. The maximum atomic E-state index is 14.1. The summed E-state index contributed by atoms with van der Waals surface area (Å²) in [6.45, 7) is 30.3. The Morgan fingerprint density at radius 1 is 0.361 bits per heavy atom. The van der Waals surface area contributed by atoms with Gasteiger partial charge in [-0.05, 0) is 251 Å². The van der Waals surface area contributed by atoms with Crippen molar-refractivity contribution in [1.82, 2.24) is 0 Å². The van der Waals surface area contributed by atoms with Crippen LogP contribution in [0, 0.1) is 144 Å². The number of halogens is 12. The maximum absolute atomic E-state index is 14.1. The third-order valence-corrected chi connectivity index (χ3v) is 23.4. The minimum absolute atomic E-state index is 0.0367. The minimum Gasteiger partial charge on any atom is -0.486 e. The molecule has 0 N–H and O–H groups in total. The second kappa shape index (κ2) is 43.4. The van der Waals surface area contributed by atoms with E-state index < -0.39 is 69.8 Å². The van der Waals surface area contributed by atoms with Gasteiger partial charge in [0.1, 0.15) is 6.61 Å². The van der Waals surface area contributed by atoms with Gasteiger partial charge < -0.3 is 14.2 Å². The van der Waals surface area contributed by atoms with Crippen molar-refractivity contribution < 1.29 is 66.9 Å². The quantitative estimate of drug-likeness (QED) is 0.0549. The summed E-state index contributed by atoms with van der Waals surface area (Å²) in [7, 11) is 0. The van der Waals surface area contributed by atoms with E-state index in [0.29, 0.717) is 98.3 Å². The van der Waals surface area contributed by atoms with Crippen molar-refractivity contribution in [3.8, 4) is 17.2 Å². The summed E-state index contributed by atoms with van der Waals surface area (Å²) in [4.78, 5) is 0. The van der Waals surface area contributed by atoms with Crippen LogP contribution in [0.5, 0.6) is 17.2 Å². The SMILES string of the molecule is C=C(C)Oc1ccc(CC2CCC(C)CC2)c(F)c1F.C=CCOc1ccc(C2CCC(C)CC2)c(F)c1F.C=COc1ccc(C2CCC(C)CC2)c(F)c1F.Cc1ccc(C2CCC(C)CC2)c(F)c1F.Cc1ccc(C=CC2CCC(C)CC2)c(F)c1F.Cc1ccc(CC2CCC(C)CC2)c(F)c1F. The molecule has 6 aliphatic carbocycles. The second-order valence-electron chi connectivity index (χ2n) is 32.4. The molecule has 6 aromatic rings. The molecule has 0 atom stereocenters. The molecule has 6 saturated carbocycles. The average molecular weight is 1510 g/mol. The average Bonchev–Trinajstić information content (AvgIpc) is 0.853. The van der Waals surface area contributed by atoms with Gasteiger partial charge >= 0.3 is 0 Å². The van der Waals surface area contributed by atoms with Crippen LogP contribution in [0.1, 0.15) is 270 Å². The lowest BCUT2D eigenvalue weighted by Crippen LogP contribution is -2.15. The van der Waals surface area contributed by atoms with Gasteiger partial charge in [-0.15, -0.1) is 0 Å². The van der Waals surface area contributed by atoms with Crippen LogP contribution in [-0.2, 0) is 12.8 Å². The van der Waals surface area contributed by atoms with Crippen molar-refractivity contribution in [2.75, 3.05) is 6.61 Å². The van der Waals surface area contributed by atoms with E-state index in [2.05, 4.69) is 61.3 Å². The van der Waals surface area contributed by atoms with Gasteiger partial charge in [-0.3, -0.25) is 0 Å². The zero-order valence-electron chi connectivity index (χ0n) is 65.6. The van der Waals surface area contributed by atoms with Crippen LogP contribution in [-0.4, -0.2) is 6.61 Å². The van der Waals surface area contributed by atoms with Gasteiger partial charge in [0, 0.05) is 5.56 Å². The highest BCUT2D eigenvalue weighted by Gasteiger charge is 2.30. The third-order valence-electron chi connectivity index (χ3n) is 23.4. The van der Waals surface area contributed by atoms with Crippen molar-refractivity contribution in [3.63, 3.8) is 0 Å². The van der Waals surface area contributed by atoms with E-state index in [1.54, 1.807) is 88.4 Å². The van der Waals surface area contributed by atoms with Crippen LogP contribution in [0.4, 0.5) is 52.7 Å².